The molecule has 1 unspecified atom stereocenters. The molecular formula is C22H46N2OS2. The second-order valence-electron chi connectivity index (χ2n) is 9.24. The van der Waals surface area contributed by atoms with E-state index in [4.69, 9.17) is 5.73 Å². The second-order valence-corrected chi connectivity index (χ2v) is 11.9. The molecule has 5 heteroatoms. The van der Waals surface area contributed by atoms with Gasteiger partial charge in [-0.1, -0.05) is 102 Å². The molecule has 0 heterocycles. The molecule has 0 radical (unpaired) electrons. The number of carbonyl (C=O) groups excluding carboxylic acids is 1. The first kappa shape index (κ1) is 27.1. The quantitative estimate of drug-likeness (QED) is 0.216. The van der Waals surface area contributed by atoms with E-state index in [1.165, 1.54) is 50.7 Å². The lowest BCUT2D eigenvalue weighted by Crippen LogP contribution is -2.42. The van der Waals surface area contributed by atoms with Crippen LogP contribution in [0, 0.1) is 16.7 Å². The largest absolute Gasteiger partial charge is 0.355 e. The smallest absolute Gasteiger partial charge is 0.225 e. The molecule has 0 aromatic carbocycles. The molecule has 0 bridgehead atoms. The van der Waals surface area contributed by atoms with Gasteiger partial charge < -0.3 is 11.1 Å². The van der Waals surface area contributed by atoms with Gasteiger partial charge in [-0.25, -0.2) is 0 Å². The molecular weight excluding hydrogens is 372 g/mol. The Balaban J connectivity index is 3.82. The molecule has 3 N–H and O–H groups in total. The van der Waals surface area contributed by atoms with Gasteiger partial charge in [0.25, 0.3) is 0 Å². The first-order valence-corrected chi connectivity index (χ1v) is 13.4. The van der Waals surface area contributed by atoms with Crippen molar-refractivity contribution in [3.8, 4) is 0 Å². The molecule has 0 fully saturated rings. The highest BCUT2D eigenvalue weighted by atomic mass is 33.1. The summed E-state index contributed by atoms with van der Waals surface area (Å²) in [5.74, 6) is 3.23. The Kier molecular flexibility index (Phi) is 15.1. The minimum Gasteiger partial charge on any atom is -0.355 e. The summed E-state index contributed by atoms with van der Waals surface area (Å²) in [5.41, 5.74) is 5.45. The van der Waals surface area contributed by atoms with Crippen molar-refractivity contribution in [2.75, 3.05) is 24.6 Å². The maximum Gasteiger partial charge on any atom is 0.225 e. The predicted molar refractivity (Wildman–Crippen MR) is 126 cm³/mol. The van der Waals surface area contributed by atoms with Crippen molar-refractivity contribution in [3.05, 3.63) is 0 Å². The summed E-state index contributed by atoms with van der Waals surface area (Å²) in [7, 11) is 3.85. The molecule has 27 heavy (non-hydrogen) atoms. The summed E-state index contributed by atoms with van der Waals surface area (Å²) in [6, 6.07) is 0. The molecule has 0 spiro atoms. The Hall–Kier alpha value is 0.130. The van der Waals surface area contributed by atoms with Gasteiger partial charge in [-0.15, -0.1) is 0 Å². The van der Waals surface area contributed by atoms with Gasteiger partial charge in [0.15, 0.2) is 0 Å². The number of carbonyl (C=O) groups is 1. The SMILES string of the molecule is CCCCCCC(CC)CCSSCCNC(=O)C(C)(C)CC(C)(C)CN. The van der Waals surface area contributed by atoms with E-state index < -0.39 is 0 Å². The summed E-state index contributed by atoms with van der Waals surface area (Å²) in [5, 5.41) is 3.11. The summed E-state index contributed by atoms with van der Waals surface area (Å²) in [4.78, 5) is 12.5. The van der Waals surface area contributed by atoms with Crippen LogP contribution in [0.1, 0.15) is 92.9 Å². The summed E-state index contributed by atoms with van der Waals surface area (Å²) < 4.78 is 0. The number of hydrogen-bond donors (Lipinski definition) is 2. The highest BCUT2D eigenvalue weighted by molar-refractivity contribution is 8.76. The van der Waals surface area contributed by atoms with Crippen LogP contribution in [0.15, 0.2) is 0 Å². The molecule has 0 aliphatic heterocycles. The first-order valence-electron chi connectivity index (χ1n) is 10.9. The highest BCUT2D eigenvalue weighted by Gasteiger charge is 2.33. The maximum atomic E-state index is 12.5. The Morgan fingerprint density at radius 2 is 1.67 bits per heavy atom. The molecule has 0 rings (SSSR count). The fourth-order valence-corrected chi connectivity index (χ4v) is 5.64. The van der Waals surface area contributed by atoms with E-state index in [0.29, 0.717) is 6.54 Å². The average molecular weight is 419 g/mol. The Morgan fingerprint density at radius 1 is 1.00 bits per heavy atom. The van der Waals surface area contributed by atoms with Gasteiger partial charge in [0, 0.05) is 23.5 Å². The lowest BCUT2D eigenvalue weighted by atomic mass is 9.74. The molecule has 1 amide bonds. The molecule has 0 saturated carbocycles. The zero-order valence-corrected chi connectivity index (χ0v) is 20.5. The van der Waals surface area contributed by atoms with Crippen LogP contribution in [0.5, 0.6) is 0 Å². The molecule has 0 aromatic heterocycles. The topological polar surface area (TPSA) is 55.1 Å². The Labute approximate surface area is 177 Å². The third-order valence-electron chi connectivity index (χ3n) is 5.29. The van der Waals surface area contributed by atoms with E-state index in [9.17, 15) is 4.79 Å². The van der Waals surface area contributed by atoms with Crippen LogP contribution < -0.4 is 11.1 Å². The molecule has 0 saturated heterocycles. The van der Waals surface area contributed by atoms with E-state index >= 15 is 0 Å². The summed E-state index contributed by atoms with van der Waals surface area (Å²) >= 11 is 0. The van der Waals surface area contributed by atoms with E-state index in [1.807, 2.05) is 35.4 Å². The summed E-state index contributed by atoms with van der Waals surface area (Å²) in [6.45, 7) is 14.2. The van der Waals surface area contributed by atoms with Crippen LogP contribution in [-0.2, 0) is 4.79 Å². The fraction of sp³-hybridized carbons (Fsp3) is 0.955. The highest BCUT2D eigenvalue weighted by Crippen LogP contribution is 2.33. The Bertz CT molecular complexity index is 387. The van der Waals surface area contributed by atoms with E-state index in [1.54, 1.807) is 0 Å². The second kappa shape index (κ2) is 15.0. The number of nitrogens with one attached hydrogen (secondary N) is 1. The molecule has 0 aliphatic carbocycles. The number of unbranched alkanes of at least 4 members (excludes halogenated alkanes) is 3. The summed E-state index contributed by atoms with van der Waals surface area (Å²) in [6.07, 6.45) is 10.3. The van der Waals surface area contributed by atoms with Gasteiger partial charge in [0.05, 0.1) is 0 Å². The number of rotatable bonds is 17. The van der Waals surface area contributed by atoms with Crippen molar-refractivity contribution < 1.29 is 4.79 Å². The minimum absolute atomic E-state index is 0.00218. The van der Waals surface area contributed by atoms with Crippen LogP contribution in [0.2, 0.25) is 0 Å². The monoisotopic (exact) mass is 418 g/mol. The normalized spacial score (nSPS) is 13.6. The predicted octanol–water partition coefficient (Wildman–Crippen LogP) is 6.27. The van der Waals surface area contributed by atoms with Crippen molar-refractivity contribution in [3.63, 3.8) is 0 Å². The van der Waals surface area contributed by atoms with Gasteiger partial charge in [0.2, 0.25) is 5.91 Å². The fourth-order valence-electron chi connectivity index (χ4n) is 3.54. The third kappa shape index (κ3) is 13.9. The van der Waals surface area contributed by atoms with Gasteiger partial charge in [-0.05, 0) is 30.7 Å². The molecule has 0 aromatic rings. The van der Waals surface area contributed by atoms with Crippen LogP contribution in [0.25, 0.3) is 0 Å². The Morgan fingerprint density at radius 3 is 2.26 bits per heavy atom. The van der Waals surface area contributed by atoms with Crippen molar-refractivity contribution in [1.82, 2.24) is 5.32 Å². The maximum absolute atomic E-state index is 12.5. The van der Waals surface area contributed by atoms with E-state index in [0.717, 1.165) is 24.6 Å². The zero-order valence-electron chi connectivity index (χ0n) is 18.9. The molecule has 1 atom stereocenters. The molecule has 162 valence electrons. The van der Waals surface area contributed by atoms with Crippen molar-refractivity contribution in [2.24, 2.45) is 22.5 Å². The van der Waals surface area contributed by atoms with E-state index in [-0.39, 0.29) is 16.7 Å². The average Bonchev–Trinajstić information content (AvgIpc) is 2.61. The molecule has 0 aliphatic rings. The minimum atomic E-state index is -0.368. The van der Waals surface area contributed by atoms with E-state index in [2.05, 4.69) is 33.0 Å². The lowest BCUT2D eigenvalue weighted by molar-refractivity contribution is -0.130. The van der Waals surface area contributed by atoms with Crippen molar-refractivity contribution in [1.29, 1.82) is 0 Å². The standard InChI is InChI=1S/C22H46N2OS2/c1-7-9-10-11-12-19(8-2)13-15-26-27-16-14-24-20(25)22(5,6)17-21(3,4)18-23/h19H,7-18,23H2,1-6H3,(H,24,25). The van der Waals surface area contributed by atoms with Gasteiger partial charge in [-0.2, -0.15) is 0 Å². The number of amides is 1. The third-order valence-corrected chi connectivity index (χ3v) is 7.73. The van der Waals surface area contributed by atoms with Crippen molar-refractivity contribution >= 4 is 27.5 Å². The number of hydrogen-bond acceptors (Lipinski definition) is 4. The van der Waals surface area contributed by atoms with Crippen LogP contribution in [0.3, 0.4) is 0 Å². The number of nitrogens with two attached hydrogens (primary N) is 1. The van der Waals surface area contributed by atoms with Gasteiger partial charge in [0.1, 0.15) is 0 Å². The van der Waals surface area contributed by atoms with Crippen LogP contribution >= 0.6 is 21.6 Å². The molecule has 3 nitrogen and oxygen atoms in total. The lowest BCUT2D eigenvalue weighted by Gasteiger charge is -2.33. The van der Waals surface area contributed by atoms with Crippen LogP contribution in [-0.4, -0.2) is 30.5 Å². The van der Waals surface area contributed by atoms with Crippen LogP contribution in [0.4, 0.5) is 0 Å². The van der Waals surface area contributed by atoms with Gasteiger partial charge in [-0.3, -0.25) is 4.79 Å². The van der Waals surface area contributed by atoms with Crippen molar-refractivity contribution in [2.45, 2.75) is 92.9 Å². The van der Waals surface area contributed by atoms with Gasteiger partial charge >= 0.3 is 0 Å². The zero-order chi connectivity index (χ0) is 20.8. The first-order chi connectivity index (χ1) is 12.7.